The van der Waals surface area contributed by atoms with Gasteiger partial charge in [0.05, 0.1) is 0 Å². The summed E-state index contributed by atoms with van der Waals surface area (Å²) in [6.45, 7) is 0.366. The van der Waals surface area contributed by atoms with Crippen LogP contribution in [0.1, 0.15) is 16.1 Å². The van der Waals surface area contributed by atoms with Crippen LogP contribution in [0.15, 0.2) is 48.7 Å². The summed E-state index contributed by atoms with van der Waals surface area (Å²) in [5.41, 5.74) is 1.47. The van der Waals surface area contributed by atoms with Gasteiger partial charge in [0.2, 0.25) is 0 Å². The molecule has 2 aromatic heterocycles. The number of anilines is 1. The molecule has 0 saturated heterocycles. The normalized spacial score (nSPS) is 10.7. The van der Waals surface area contributed by atoms with Crippen molar-refractivity contribution < 1.29 is 14.3 Å². The number of carbonyl (C=O) groups is 1. The number of imidazole rings is 1. The highest BCUT2D eigenvalue weighted by Gasteiger charge is 2.17. The Labute approximate surface area is 119 Å². The first-order chi connectivity index (χ1) is 10.1. The highest BCUT2D eigenvalue weighted by Crippen LogP contribution is 2.18. The van der Waals surface area contributed by atoms with Gasteiger partial charge in [-0.25, -0.2) is 14.2 Å². The number of halogens is 1. The van der Waals surface area contributed by atoms with Crippen molar-refractivity contribution in [2.24, 2.45) is 0 Å². The lowest BCUT2D eigenvalue weighted by Gasteiger charge is -2.04. The number of nitrogens with zero attached hydrogens (tertiary/aromatic N) is 2. The third kappa shape index (κ3) is 2.55. The van der Waals surface area contributed by atoms with E-state index >= 15 is 0 Å². The van der Waals surface area contributed by atoms with Gasteiger partial charge in [-0.3, -0.25) is 4.40 Å². The number of benzene rings is 1. The van der Waals surface area contributed by atoms with Crippen LogP contribution in [0, 0.1) is 5.82 Å². The van der Waals surface area contributed by atoms with Gasteiger partial charge in [-0.2, -0.15) is 0 Å². The maximum atomic E-state index is 12.8. The maximum Gasteiger partial charge on any atom is 0.356 e. The fourth-order valence-electron chi connectivity index (χ4n) is 2.11. The number of aromatic nitrogens is 2. The second kappa shape index (κ2) is 5.24. The zero-order chi connectivity index (χ0) is 14.8. The van der Waals surface area contributed by atoms with Gasteiger partial charge in [-0.05, 0) is 29.8 Å². The van der Waals surface area contributed by atoms with Gasteiger partial charge in [0.25, 0.3) is 0 Å². The average Bonchev–Trinajstić information content (AvgIpc) is 2.85. The summed E-state index contributed by atoms with van der Waals surface area (Å²) >= 11 is 0. The maximum absolute atomic E-state index is 12.8. The van der Waals surface area contributed by atoms with Crippen LogP contribution in [0.25, 0.3) is 5.65 Å². The van der Waals surface area contributed by atoms with Gasteiger partial charge in [-0.15, -0.1) is 0 Å². The molecule has 0 radical (unpaired) electrons. The molecule has 0 saturated carbocycles. The molecule has 3 rings (SSSR count). The lowest BCUT2D eigenvalue weighted by atomic mass is 10.2. The Bertz CT molecular complexity index is 796. The zero-order valence-electron chi connectivity index (χ0n) is 11.0. The summed E-state index contributed by atoms with van der Waals surface area (Å²) in [5.74, 6) is -1.08. The van der Waals surface area contributed by atoms with Gasteiger partial charge in [0.1, 0.15) is 11.5 Å². The summed E-state index contributed by atoms with van der Waals surface area (Å²) in [7, 11) is 0. The van der Waals surface area contributed by atoms with Gasteiger partial charge < -0.3 is 10.4 Å². The monoisotopic (exact) mass is 285 g/mol. The van der Waals surface area contributed by atoms with E-state index in [4.69, 9.17) is 0 Å². The second-order valence-electron chi connectivity index (χ2n) is 4.52. The molecule has 0 aliphatic heterocycles. The third-order valence-electron chi connectivity index (χ3n) is 3.11. The quantitative estimate of drug-likeness (QED) is 0.773. The van der Waals surface area contributed by atoms with Crippen molar-refractivity contribution >= 4 is 17.4 Å². The van der Waals surface area contributed by atoms with Crippen molar-refractivity contribution in [3.63, 3.8) is 0 Å². The van der Waals surface area contributed by atoms with Gasteiger partial charge in [0.15, 0.2) is 11.5 Å². The second-order valence-corrected chi connectivity index (χ2v) is 4.52. The smallest absolute Gasteiger partial charge is 0.356 e. The average molecular weight is 285 g/mol. The van der Waals surface area contributed by atoms with Crippen LogP contribution in [0.2, 0.25) is 0 Å². The number of pyridine rings is 1. The Balaban J connectivity index is 1.91. The van der Waals surface area contributed by atoms with Crippen molar-refractivity contribution in [2.75, 3.05) is 5.32 Å². The summed E-state index contributed by atoms with van der Waals surface area (Å²) in [6, 6.07) is 11.3. The van der Waals surface area contributed by atoms with E-state index in [0.717, 1.165) is 5.56 Å². The van der Waals surface area contributed by atoms with Crippen LogP contribution in [0.3, 0.4) is 0 Å². The first-order valence-electron chi connectivity index (χ1n) is 6.34. The lowest BCUT2D eigenvalue weighted by molar-refractivity contribution is 0.0690. The third-order valence-corrected chi connectivity index (χ3v) is 3.11. The van der Waals surface area contributed by atoms with Crippen molar-refractivity contribution in [3.05, 3.63) is 65.7 Å². The van der Waals surface area contributed by atoms with E-state index in [9.17, 15) is 14.3 Å². The molecule has 1 aromatic carbocycles. The minimum atomic E-state index is -1.06. The van der Waals surface area contributed by atoms with E-state index in [0.29, 0.717) is 12.2 Å². The summed E-state index contributed by atoms with van der Waals surface area (Å²) in [4.78, 5) is 15.7. The van der Waals surface area contributed by atoms with Crippen molar-refractivity contribution in [1.29, 1.82) is 0 Å². The van der Waals surface area contributed by atoms with Crippen LogP contribution in [-0.4, -0.2) is 20.5 Å². The van der Waals surface area contributed by atoms with E-state index in [1.165, 1.54) is 16.5 Å². The Morgan fingerprint density at radius 2 is 2.00 bits per heavy atom. The molecule has 6 heteroatoms. The fourth-order valence-corrected chi connectivity index (χ4v) is 2.11. The Morgan fingerprint density at radius 3 is 2.71 bits per heavy atom. The Morgan fingerprint density at radius 1 is 1.24 bits per heavy atom. The molecule has 0 amide bonds. The molecule has 106 valence electrons. The standard InChI is InChI=1S/C15H12FN3O2/c16-11-6-4-10(5-7-11)9-17-14-13(15(20)21)19-8-2-1-3-12(19)18-14/h1-8,17H,9H2,(H,20,21). The molecule has 0 bridgehead atoms. The molecule has 0 spiro atoms. The summed E-state index contributed by atoms with van der Waals surface area (Å²) in [5, 5.41) is 12.3. The number of aromatic carboxylic acids is 1. The first kappa shape index (κ1) is 13.1. The molecule has 2 N–H and O–H groups in total. The molecule has 0 aliphatic carbocycles. The number of carboxylic acids is 1. The van der Waals surface area contributed by atoms with E-state index in [1.807, 2.05) is 0 Å². The van der Waals surface area contributed by atoms with Crippen LogP contribution < -0.4 is 5.32 Å². The molecule has 0 unspecified atom stereocenters. The van der Waals surface area contributed by atoms with Crippen molar-refractivity contribution in [2.45, 2.75) is 6.54 Å². The molecule has 5 nitrogen and oxygen atoms in total. The van der Waals surface area contributed by atoms with E-state index in [-0.39, 0.29) is 17.3 Å². The van der Waals surface area contributed by atoms with Gasteiger partial charge in [0, 0.05) is 12.7 Å². The van der Waals surface area contributed by atoms with Crippen molar-refractivity contribution in [1.82, 2.24) is 9.38 Å². The van der Waals surface area contributed by atoms with E-state index in [2.05, 4.69) is 10.3 Å². The molecule has 0 aliphatic rings. The first-order valence-corrected chi connectivity index (χ1v) is 6.34. The molecular weight excluding hydrogens is 273 g/mol. The molecule has 0 fully saturated rings. The summed E-state index contributed by atoms with van der Waals surface area (Å²) < 4.78 is 14.4. The molecule has 0 atom stereocenters. The topological polar surface area (TPSA) is 66.6 Å². The Hall–Kier alpha value is -2.89. The number of rotatable bonds is 4. The predicted molar refractivity (Wildman–Crippen MR) is 75.9 cm³/mol. The largest absolute Gasteiger partial charge is 0.476 e. The molecular formula is C15H12FN3O2. The Kier molecular flexibility index (Phi) is 3.27. The number of hydrogen-bond donors (Lipinski definition) is 2. The minimum Gasteiger partial charge on any atom is -0.476 e. The van der Waals surface area contributed by atoms with Gasteiger partial charge in [-0.1, -0.05) is 18.2 Å². The minimum absolute atomic E-state index is 0.0766. The number of nitrogens with one attached hydrogen (secondary N) is 1. The highest BCUT2D eigenvalue weighted by molar-refractivity contribution is 5.92. The zero-order valence-corrected chi connectivity index (χ0v) is 11.0. The van der Waals surface area contributed by atoms with Gasteiger partial charge >= 0.3 is 5.97 Å². The lowest BCUT2D eigenvalue weighted by Crippen LogP contribution is -2.08. The van der Waals surface area contributed by atoms with E-state index < -0.39 is 5.97 Å². The van der Waals surface area contributed by atoms with E-state index in [1.54, 1.807) is 36.5 Å². The van der Waals surface area contributed by atoms with Crippen molar-refractivity contribution in [3.8, 4) is 0 Å². The number of carboxylic acid groups (broad SMARTS) is 1. The van der Waals surface area contributed by atoms with Crippen LogP contribution in [-0.2, 0) is 6.54 Å². The number of fused-ring (bicyclic) bond motifs is 1. The SMILES string of the molecule is O=C(O)c1c(NCc2ccc(F)cc2)nc2ccccn12. The fraction of sp³-hybridized carbons (Fsp3) is 0.0667. The predicted octanol–water partition coefficient (Wildman–Crippen LogP) is 2.78. The van der Waals surface area contributed by atoms with Crippen LogP contribution in [0.4, 0.5) is 10.2 Å². The highest BCUT2D eigenvalue weighted by atomic mass is 19.1. The summed E-state index contributed by atoms with van der Waals surface area (Å²) in [6.07, 6.45) is 1.65. The molecule has 21 heavy (non-hydrogen) atoms. The van der Waals surface area contributed by atoms with Crippen LogP contribution >= 0.6 is 0 Å². The molecule has 3 aromatic rings. The van der Waals surface area contributed by atoms with Crippen LogP contribution in [0.5, 0.6) is 0 Å². The number of hydrogen-bond acceptors (Lipinski definition) is 3. The molecule has 2 heterocycles.